The Morgan fingerprint density at radius 3 is 1.06 bits per heavy atom. The van der Waals surface area contributed by atoms with Crippen LogP contribution in [0.4, 0.5) is 0 Å². The fourth-order valence-electron chi connectivity index (χ4n) is 20.4. The minimum absolute atomic E-state index is 0.0205. The van der Waals surface area contributed by atoms with Crippen molar-refractivity contribution in [1.82, 2.24) is 29.7 Å². The van der Waals surface area contributed by atoms with Gasteiger partial charge in [-0.05, 0) is 176 Å². The summed E-state index contributed by atoms with van der Waals surface area (Å²) in [6, 6.07) is 47.2. The van der Waals surface area contributed by atoms with E-state index in [4.69, 9.17) is 62.8 Å². The normalized spacial score (nSPS) is 27.3. The Hall–Kier alpha value is -12.3. The minimum Gasteiger partial charge on any atom is -0.460 e. The van der Waals surface area contributed by atoms with Crippen molar-refractivity contribution in [2.24, 2.45) is 71.4 Å². The number of hydrogen-bond acceptors (Lipinski definition) is 24. The van der Waals surface area contributed by atoms with Crippen molar-refractivity contribution in [2.45, 2.75) is 188 Å². The Morgan fingerprint density at radius 2 is 0.744 bits per heavy atom. The third-order valence-electron chi connectivity index (χ3n) is 26.9. The minimum atomic E-state index is -0.230. The molecular weight excluding hydrogens is 1570 g/mol. The molecule has 12 atom stereocenters. The van der Waals surface area contributed by atoms with Crippen LogP contribution in [0.2, 0.25) is 0 Å². The van der Waals surface area contributed by atoms with Crippen molar-refractivity contribution in [3.63, 3.8) is 0 Å². The van der Waals surface area contributed by atoms with Crippen molar-refractivity contribution in [2.75, 3.05) is 0 Å². The van der Waals surface area contributed by atoms with E-state index in [2.05, 4.69) is 250 Å². The molecule has 0 saturated heterocycles. The fraction of sp³-hybridized carbons (Fsp3) is 0.330. The van der Waals surface area contributed by atoms with Crippen LogP contribution in [-0.2, 0) is 113 Å². The number of hydrogen-bond donors (Lipinski definition) is 8. The lowest BCUT2D eigenvalue weighted by molar-refractivity contribution is 0.157. The van der Waals surface area contributed by atoms with Crippen LogP contribution < -0.4 is 34.4 Å². The average Bonchev–Trinajstić information content (AvgIpc) is 1.64. The van der Waals surface area contributed by atoms with E-state index in [1.54, 1.807) is 34.0 Å². The number of thiophene rings is 1. The zero-order chi connectivity index (χ0) is 83.3. The van der Waals surface area contributed by atoms with Crippen LogP contribution in [0.25, 0.3) is 66.3 Å². The maximum absolute atomic E-state index is 5.79. The van der Waals surface area contributed by atoms with Crippen molar-refractivity contribution in [1.29, 1.82) is 0 Å². The Labute approximate surface area is 714 Å². The van der Waals surface area contributed by atoms with Gasteiger partial charge in [-0.1, -0.05) is 109 Å². The number of aromatic nitrogens is 6. The number of nitrogens with two attached hydrogens (primary N) is 6. The molecule has 0 radical (unpaired) electrons. The molecule has 12 aromatic rings. The number of amidine groups is 6. The van der Waals surface area contributed by atoms with E-state index in [-0.39, 0.29) is 69.9 Å². The molecule has 24 rings (SSSR count). The first kappa shape index (κ1) is 78.5. The summed E-state index contributed by atoms with van der Waals surface area (Å²) in [6.07, 6.45) is 24.8. The lowest BCUT2D eigenvalue weighted by atomic mass is 9.90. The molecule has 618 valence electrons. The van der Waals surface area contributed by atoms with Gasteiger partial charge in [0, 0.05) is 149 Å². The molecule has 12 heterocycles. The van der Waals surface area contributed by atoms with Gasteiger partial charge in [0.15, 0.2) is 0 Å². The van der Waals surface area contributed by atoms with E-state index in [0.29, 0.717) is 36.1 Å². The maximum Gasteiger partial charge on any atom is 0.282 e. The molecule has 0 amide bonds. The van der Waals surface area contributed by atoms with E-state index < -0.39 is 0 Å². The zero-order valence-electron chi connectivity index (χ0n) is 68.6. The molecule has 0 fully saturated rings. The molecule has 6 aliphatic carbocycles. The summed E-state index contributed by atoms with van der Waals surface area (Å²) in [5.41, 5.74) is 65.0. The number of H-pyrrole nitrogens is 2. The van der Waals surface area contributed by atoms with Gasteiger partial charge in [-0.2, -0.15) is 16.4 Å². The highest BCUT2D eigenvalue weighted by Crippen LogP contribution is 2.50. The predicted molar refractivity (Wildman–Crippen MR) is 480 cm³/mol. The lowest BCUT2D eigenvalue weighted by Crippen LogP contribution is -2.36. The number of aliphatic imine (C=N–C) groups is 6. The number of fused-ring (bicyclic) bond motifs is 6. The summed E-state index contributed by atoms with van der Waals surface area (Å²) in [5.74, 6) is 0. The van der Waals surface area contributed by atoms with Crippen molar-refractivity contribution >= 4 is 70.1 Å². The Bertz CT molecular complexity index is 5410. The number of rotatable bonds is 6. The Morgan fingerprint density at radius 1 is 0.372 bits per heavy atom. The Kier molecular flexibility index (Phi) is 19.9. The molecule has 0 bridgehead atoms. The van der Waals surface area contributed by atoms with E-state index in [0.717, 1.165) is 93.3 Å². The van der Waals surface area contributed by atoms with E-state index in [1.807, 2.05) is 55.8 Å². The SMILES string of the molecule is C[C@H]1OC(N)=N[C@@]12Cc1cccc(-c3cc[nH]c3)c1C2.C[C@H]1OC(N)=N[C@@]12Cc1cccc(-c3ccn(C)c3)c1C2.C[C@H]1OC(N)=N[C@@]12Cc1cccc(-c3ccsc3)c1C2.C[C@H]1OC(N)=N[C@@]12Cc1cccc(-c3cn[nH]c3)c1C2.C[C@H]1OC(N)=N[C@@]12Cc1cccc(-c3cscn3)c1C2.C[C@H]1OC(N)=N[C@@]12Cc1cccc(-c3nccs3)c1C2. The lowest BCUT2D eigenvalue weighted by Gasteiger charge is -2.23. The van der Waals surface area contributed by atoms with E-state index in [9.17, 15) is 0 Å². The van der Waals surface area contributed by atoms with Crippen molar-refractivity contribution in [3.05, 3.63) is 265 Å². The van der Waals surface area contributed by atoms with Gasteiger partial charge < -0.3 is 72.4 Å². The van der Waals surface area contributed by atoms with Gasteiger partial charge in [-0.3, -0.25) is 5.10 Å². The summed E-state index contributed by atoms with van der Waals surface area (Å²) >= 11 is 5.03. The molecule has 0 saturated carbocycles. The second-order valence-corrected chi connectivity index (χ2v) is 36.4. The molecule has 14 N–H and O–H groups in total. The second-order valence-electron chi connectivity index (χ2n) is 34.0. The van der Waals surface area contributed by atoms with Crippen LogP contribution in [0.15, 0.2) is 228 Å². The number of aromatic amines is 2. The number of ether oxygens (including phenoxy) is 6. The molecule has 6 aliphatic heterocycles. The molecule has 24 nitrogen and oxygen atoms in total. The van der Waals surface area contributed by atoms with E-state index >= 15 is 0 Å². The molecule has 27 heteroatoms. The van der Waals surface area contributed by atoms with Gasteiger partial charge in [0.2, 0.25) is 0 Å². The van der Waals surface area contributed by atoms with Crippen molar-refractivity contribution in [3.8, 4) is 66.3 Å². The molecule has 12 aliphatic rings. The van der Waals surface area contributed by atoms with Gasteiger partial charge in [0.25, 0.3) is 36.1 Å². The number of nitrogens with zero attached hydrogens (tertiary/aromatic N) is 10. The number of nitrogens with one attached hydrogen (secondary N) is 2. The van der Waals surface area contributed by atoms with Gasteiger partial charge >= 0.3 is 0 Å². The fourth-order valence-corrected chi connectivity index (χ4v) is 22.3. The molecule has 6 aromatic heterocycles. The zero-order valence-corrected chi connectivity index (χ0v) is 71.1. The first-order chi connectivity index (χ1) is 58.5. The summed E-state index contributed by atoms with van der Waals surface area (Å²) < 4.78 is 35.6. The van der Waals surface area contributed by atoms with Crippen LogP contribution in [0, 0.1) is 0 Å². The van der Waals surface area contributed by atoms with Crippen molar-refractivity contribution < 1.29 is 28.4 Å². The number of thiazole rings is 2. The first-order valence-electron chi connectivity index (χ1n) is 41.3. The summed E-state index contributed by atoms with van der Waals surface area (Å²) in [6.45, 7) is 12.4. The van der Waals surface area contributed by atoms with E-state index in [1.165, 1.54) is 117 Å². The van der Waals surface area contributed by atoms with Crippen LogP contribution in [-0.4, -0.2) is 136 Å². The highest BCUT2D eigenvalue weighted by Gasteiger charge is 2.54. The van der Waals surface area contributed by atoms with Crippen LogP contribution in [0.3, 0.4) is 0 Å². The predicted octanol–water partition coefficient (Wildman–Crippen LogP) is 13.9. The summed E-state index contributed by atoms with van der Waals surface area (Å²) in [4.78, 5) is 39.6. The first-order valence-corrected chi connectivity index (χ1v) is 44.1. The molecule has 121 heavy (non-hydrogen) atoms. The maximum atomic E-state index is 5.79. The van der Waals surface area contributed by atoms with Crippen LogP contribution >= 0.6 is 34.0 Å². The van der Waals surface area contributed by atoms with Crippen LogP contribution in [0.1, 0.15) is 108 Å². The standard InChI is InChI=1S/C17H19N3O.C16H17N3O.C16H16N2OS.C15H16N4O.2C15H15N3OS/c1-11-17(19-16(18)21-11)8-12-4-3-5-14(15(12)9-17)13-6-7-20(2)10-13;1-10-16(19-15(17)20-10)7-11-3-2-4-13(14(11)8-16)12-5-6-18-9-12;1-10-16(18-15(17)19-10)7-11-3-2-4-13(14(11)8-16)12-5-6-20-9-12;1-9-15(19-14(16)20-9)5-10-3-2-4-12(13(10)6-15)11-7-17-18-8-11;1-9-15(18-14(16)19-9)5-10-3-2-4-11(12(10)6-15)13-7-20-8-17-13;1-9-15(18-14(16)19-9)7-10-3-2-4-11(12(10)8-15)13-17-5-6-20-13/h3-7,10-11H,8-9H2,1-2H3,(H2,18,19);2-6,9-10,18H,7-8H2,1H3,(H2,17,19);2-6,9-10H,7-8H2,1H3,(H2,17,18);2-4,7-9H,5-6H2,1H3,(H2,16,19)(H,17,18);2-4,7-9H,5-6H2,1H3,(H2,16,18);2-6,9H,7-8H2,1H3,(H2,16,18)/t11-,17-;2*10-,16-;3*9-,15-/m111111/s1. The van der Waals surface area contributed by atoms with Crippen LogP contribution in [0.5, 0.6) is 0 Å². The smallest absolute Gasteiger partial charge is 0.282 e. The van der Waals surface area contributed by atoms with Gasteiger partial charge in [-0.15, -0.1) is 22.7 Å². The number of aryl methyl sites for hydroxylation is 1. The molecule has 6 aromatic carbocycles. The third kappa shape index (κ3) is 14.3. The largest absolute Gasteiger partial charge is 0.460 e. The Balaban J connectivity index is 0.0000000958. The number of benzene rings is 6. The van der Waals surface area contributed by atoms with Gasteiger partial charge in [0.1, 0.15) is 74.9 Å². The third-order valence-corrected chi connectivity index (χ3v) is 29.0. The molecular formula is C94H98N18O6S3. The topological polar surface area (TPSA) is 361 Å². The van der Waals surface area contributed by atoms with Gasteiger partial charge in [0.05, 0.1) is 17.4 Å². The molecule has 6 spiro atoms. The summed E-state index contributed by atoms with van der Waals surface area (Å²) in [7, 11) is 2.05. The quantitative estimate of drug-likeness (QED) is 0.0767. The highest BCUT2D eigenvalue weighted by atomic mass is 32.1. The average molecular weight is 1670 g/mol. The summed E-state index contributed by atoms with van der Waals surface area (Å²) in [5, 5.41) is 16.4. The second kappa shape index (κ2) is 30.7. The monoisotopic (exact) mass is 1670 g/mol. The highest BCUT2D eigenvalue weighted by molar-refractivity contribution is 7.13. The van der Waals surface area contributed by atoms with Gasteiger partial charge in [-0.25, -0.2) is 39.9 Å². The molecule has 0 unspecified atom stereocenters.